The molecule has 0 fully saturated rings. The third-order valence-electron chi connectivity index (χ3n) is 5.75. The van der Waals surface area contributed by atoms with Crippen LogP contribution in [0.5, 0.6) is 0 Å². The number of aromatic nitrogens is 4. The zero-order valence-corrected chi connectivity index (χ0v) is 20.8. The van der Waals surface area contributed by atoms with E-state index in [1.807, 2.05) is 52.9 Å². The van der Waals surface area contributed by atoms with E-state index in [0.717, 1.165) is 22.4 Å². The number of anilines is 3. The molecule has 4 heterocycles. The van der Waals surface area contributed by atoms with Crippen LogP contribution >= 0.6 is 0 Å². The van der Waals surface area contributed by atoms with Crippen LogP contribution in [0.2, 0.25) is 0 Å². The van der Waals surface area contributed by atoms with E-state index in [1.165, 1.54) is 6.33 Å². The quantitative estimate of drug-likeness (QED) is 0.384. The number of aliphatic imine (C=N–C) groups is 1. The van der Waals surface area contributed by atoms with Gasteiger partial charge in [0.25, 0.3) is 0 Å². The highest BCUT2D eigenvalue weighted by molar-refractivity contribution is 6.08. The molecule has 2 amide bonds. The Morgan fingerprint density at radius 3 is 2.56 bits per heavy atom. The maximum atomic E-state index is 12.5. The molecule has 0 atom stereocenters. The molecular weight excluding hydrogens is 460 g/mol. The fourth-order valence-electron chi connectivity index (χ4n) is 3.89. The number of hydrogen-bond acceptors (Lipinski definition) is 8. The summed E-state index contributed by atoms with van der Waals surface area (Å²) in [5, 5.41) is 13.8. The first-order valence-corrected chi connectivity index (χ1v) is 11.5. The standard InChI is InChI=1S/C25H28N8O3/c1-24(2,3)17-10-18(36-32-17)30-23(34)29-15-8-6-14(7-9-15)19-16(22-31-25(4,5)12-35-22)11-33-20(19)21(26)27-13-28-33/h6-11,13H,12H2,1-5H3,(H2,26,27,28)(H2,29,30,34). The first kappa shape index (κ1) is 23.3. The number of rotatable bonds is 4. The molecule has 3 aromatic heterocycles. The summed E-state index contributed by atoms with van der Waals surface area (Å²) in [5.74, 6) is 1.14. The molecule has 11 heteroatoms. The van der Waals surface area contributed by atoms with Crippen LogP contribution in [-0.4, -0.2) is 43.8 Å². The Kier molecular flexibility index (Phi) is 5.42. The molecule has 4 N–H and O–H groups in total. The lowest BCUT2D eigenvalue weighted by molar-refractivity contribution is 0.261. The van der Waals surface area contributed by atoms with Crippen LogP contribution < -0.4 is 16.4 Å². The predicted octanol–water partition coefficient (Wildman–Crippen LogP) is 4.46. The van der Waals surface area contributed by atoms with Gasteiger partial charge < -0.3 is 20.3 Å². The van der Waals surface area contributed by atoms with E-state index in [0.29, 0.717) is 29.5 Å². The maximum Gasteiger partial charge on any atom is 0.326 e. The SMILES string of the molecule is CC1(C)COC(c2cn3ncnc(N)c3c2-c2ccc(NC(=O)Nc3cc(C(C)(C)C)no3)cc2)=N1. The number of benzene rings is 1. The smallest absolute Gasteiger partial charge is 0.326 e. The van der Waals surface area contributed by atoms with Crippen LogP contribution in [0.25, 0.3) is 16.6 Å². The molecule has 1 aromatic carbocycles. The number of ether oxygens (including phenoxy) is 1. The van der Waals surface area contributed by atoms with Crippen molar-refractivity contribution in [3.63, 3.8) is 0 Å². The summed E-state index contributed by atoms with van der Waals surface area (Å²) in [5.41, 5.74) is 10.1. The van der Waals surface area contributed by atoms with Crippen molar-refractivity contribution in [3.8, 4) is 11.1 Å². The first-order chi connectivity index (χ1) is 17.0. The van der Waals surface area contributed by atoms with Gasteiger partial charge in [-0.05, 0) is 31.5 Å². The third-order valence-corrected chi connectivity index (χ3v) is 5.75. The number of carbonyl (C=O) groups excluding carboxylic acids is 1. The van der Waals surface area contributed by atoms with Crippen LogP contribution in [0.15, 0.2) is 52.4 Å². The number of urea groups is 1. The number of nitrogens with one attached hydrogen (secondary N) is 2. The molecule has 1 aliphatic rings. The summed E-state index contributed by atoms with van der Waals surface area (Å²) in [6.45, 7) is 10.6. The van der Waals surface area contributed by atoms with Crippen molar-refractivity contribution in [2.75, 3.05) is 23.0 Å². The van der Waals surface area contributed by atoms with Gasteiger partial charge in [0.05, 0.1) is 16.8 Å². The molecule has 0 saturated carbocycles. The minimum Gasteiger partial charge on any atom is -0.475 e. The number of amides is 2. The predicted molar refractivity (Wildman–Crippen MR) is 137 cm³/mol. The van der Waals surface area contributed by atoms with Gasteiger partial charge in [-0.1, -0.05) is 38.1 Å². The second-order valence-corrected chi connectivity index (χ2v) is 10.4. The Labute approximate surface area is 207 Å². The highest BCUT2D eigenvalue weighted by Crippen LogP contribution is 2.35. The number of nitrogens with zero attached hydrogens (tertiary/aromatic N) is 5. The van der Waals surface area contributed by atoms with Crippen LogP contribution in [0.1, 0.15) is 45.9 Å². The monoisotopic (exact) mass is 488 g/mol. The second kappa shape index (κ2) is 8.36. The van der Waals surface area contributed by atoms with Crippen molar-refractivity contribution in [3.05, 3.63) is 54.1 Å². The number of nitrogens with two attached hydrogens (primary N) is 1. The molecule has 0 spiro atoms. The van der Waals surface area contributed by atoms with Gasteiger partial charge in [-0.2, -0.15) is 5.10 Å². The van der Waals surface area contributed by atoms with E-state index in [2.05, 4.69) is 25.9 Å². The molecule has 36 heavy (non-hydrogen) atoms. The Hall–Kier alpha value is -4.41. The van der Waals surface area contributed by atoms with Crippen LogP contribution in [-0.2, 0) is 10.2 Å². The van der Waals surface area contributed by atoms with Gasteiger partial charge in [0.1, 0.15) is 18.5 Å². The maximum absolute atomic E-state index is 12.5. The van der Waals surface area contributed by atoms with Gasteiger partial charge in [0, 0.05) is 28.9 Å². The molecule has 0 unspecified atom stereocenters. The fourth-order valence-corrected chi connectivity index (χ4v) is 3.89. The van der Waals surface area contributed by atoms with Crippen molar-refractivity contribution in [2.45, 2.75) is 45.6 Å². The molecule has 0 aliphatic carbocycles. The summed E-state index contributed by atoms with van der Waals surface area (Å²) < 4.78 is 12.8. The van der Waals surface area contributed by atoms with Gasteiger partial charge in [-0.3, -0.25) is 5.32 Å². The lowest BCUT2D eigenvalue weighted by Crippen LogP contribution is -2.19. The Balaban J connectivity index is 1.41. The average molecular weight is 489 g/mol. The zero-order chi connectivity index (χ0) is 25.7. The highest BCUT2D eigenvalue weighted by Gasteiger charge is 2.30. The van der Waals surface area contributed by atoms with E-state index in [-0.39, 0.29) is 16.8 Å². The van der Waals surface area contributed by atoms with Gasteiger partial charge >= 0.3 is 6.03 Å². The molecule has 4 aromatic rings. The molecule has 0 saturated heterocycles. The summed E-state index contributed by atoms with van der Waals surface area (Å²) in [6.07, 6.45) is 3.24. The molecule has 0 radical (unpaired) electrons. The summed E-state index contributed by atoms with van der Waals surface area (Å²) >= 11 is 0. The zero-order valence-electron chi connectivity index (χ0n) is 20.8. The lowest BCUT2D eigenvalue weighted by atomic mass is 9.92. The van der Waals surface area contributed by atoms with Gasteiger partial charge in [0.15, 0.2) is 5.82 Å². The largest absolute Gasteiger partial charge is 0.475 e. The summed E-state index contributed by atoms with van der Waals surface area (Å²) in [6, 6.07) is 8.63. The molecular formula is C25H28N8O3. The molecule has 186 valence electrons. The van der Waals surface area contributed by atoms with Crippen LogP contribution in [0.3, 0.4) is 0 Å². The van der Waals surface area contributed by atoms with Crippen molar-refractivity contribution in [1.29, 1.82) is 0 Å². The Bertz CT molecular complexity index is 1480. The number of fused-ring (bicyclic) bond motifs is 1. The van der Waals surface area contributed by atoms with Crippen molar-refractivity contribution in [2.24, 2.45) is 4.99 Å². The fraction of sp³-hybridized carbons (Fsp3) is 0.320. The summed E-state index contributed by atoms with van der Waals surface area (Å²) in [4.78, 5) is 21.4. The molecule has 1 aliphatic heterocycles. The number of hydrogen-bond donors (Lipinski definition) is 3. The topological polar surface area (TPSA) is 145 Å². The first-order valence-electron chi connectivity index (χ1n) is 11.5. The minimum atomic E-state index is -0.442. The minimum absolute atomic E-state index is 0.183. The highest BCUT2D eigenvalue weighted by atomic mass is 16.5. The Morgan fingerprint density at radius 2 is 1.92 bits per heavy atom. The van der Waals surface area contributed by atoms with Crippen molar-refractivity contribution < 1.29 is 14.1 Å². The number of nitrogen functional groups attached to an aromatic ring is 1. The van der Waals surface area contributed by atoms with E-state index in [9.17, 15) is 4.79 Å². The molecule has 0 bridgehead atoms. The second-order valence-electron chi connectivity index (χ2n) is 10.4. The normalized spacial score (nSPS) is 15.0. The van der Waals surface area contributed by atoms with E-state index in [4.69, 9.17) is 20.0 Å². The summed E-state index contributed by atoms with van der Waals surface area (Å²) in [7, 11) is 0. The van der Waals surface area contributed by atoms with Crippen LogP contribution in [0, 0.1) is 0 Å². The molecule has 11 nitrogen and oxygen atoms in total. The third kappa shape index (κ3) is 4.47. The lowest BCUT2D eigenvalue weighted by Gasteiger charge is -2.12. The van der Waals surface area contributed by atoms with Crippen molar-refractivity contribution in [1.82, 2.24) is 19.8 Å². The molecule has 5 rings (SSSR count). The number of carbonyl (C=O) groups is 1. The van der Waals surface area contributed by atoms with Crippen LogP contribution in [0.4, 0.5) is 22.2 Å². The van der Waals surface area contributed by atoms with Gasteiger partial charge in [-0.25, -0.2) is 19.3 Å². The van der Waals surface area contributed by atoms with Gasteiger partial charge in [-0.15, -0.1) is 0 Å². The average Bonchev–Trinajstić information content (AvgIpc) is 3.51. The van der Waals surface area contributed by atoms with Crippen molar-refractivity contribution >= 4 is 34.8 Å². The van der Waals surface area contributed by atoms with Gasteiger partial charge in [0.2, 0.25) is 11.8 Å². The van der Waals surface area contributed by atoms with E-state index in [1.54, 1.807) is 22.7 Å². The van der Waals surface area contributed by atoms with E-state index >= 15 is 0 Å². The van der Waals surface area contributed by atoms with E-state index < -0.39 is 6.03 Å². The Morgan fingerprint density at radius 1 is 1.17 bits per heavy atom.